The molecule has 1 aliphatic rings. The number of para-hydroxylation sites is 1. The number of amides is 1. The summed E-state index contributed by atoms with van der Waals surface area (Å²) in [6.07, 6.45) is 0. The van der Waals surface area contributed by atoms with Crippen molar-refractivity contribution in [3.8, 4) is 6.07 Å². The number of carbonyl (C=O) groups excluding carboxylic acids is 1. The maximum absolute atomic E-state index is 13.7. The molecule has 0 radical (unpaired) electrons. The lowest BCUT2D eigenvalue weighted by Crippen LogP contribution is -2.52. The van der Waals surface area contributed by atoms with Crippen molar-refractivity contribution in [2.45, 2.75) is 0 Å². The van der Waals surface area contributed by atoms with Crippen LogP contribution in [0.15, 0.2) is 42.5 Å². The average Bonchev–Trinajstić information content (AvgIpc) is 2.99. The Morgan fingerprint density at radius 1 is 1.28 bits per heavy atom. The molecule has 4 rings (SSSR count). The number of fused-ring (bicyclic) bond motifs is 1. The van der Waals surface area contributed by atoms with Gasteiger partial charge in [0, 0.05) is 18.8 Å². The number of carbonyl (C=O) groups is 1. The molecule has 0 bridgehead atoms. The van der Waals surface area contributed by atoms with Crippen molar-refractivity contribution in [2.24, 2.45) is 5.92 Å². The van der Waals surface area contributed by atoms with Crippen LogP contribution in [0.5, 0.6) is 0 Å². The smallest absolute Gasteiger partial charge is 0.231 e. The van der Waals surface area contributed by atoms with Crippen molar-refractivity contribution in [3.05, 3.63) is 53.8 Å². The number of halogens is 1. The number of hydrogen-bond acceptors (Lipinski definition) is 5. The van der Waals surface area contributed by atoms with Crippen LogP contribution in [0.1, 0.15) is 5.56 Å². The standard InChI is InChI=1S/C18H13FN4OS/c19-14-2-1-3-15-16(14)22-18(25-15)23-9-12(10-23)17(24)21-13-6-4-11(8-20)5-7-13/h1-7,12H,9-10H2,(H,21,24). The highest BCUT2D eigenvalue weighted by atomic mass is 32.1. The second-order valence-electron chi connectivity index (χ2n) is 5.86. The Kier molecular flexibility index (Phi) is 3.82. The molecule has 0 unspecified atom stereocenters. The summed E-state index contributed by atoms with van der Waals surface area (Å²) >= 11 is 1.43. The van der Waals surface area contributed by atoms with Gasteiger partial charge in [0.25, 0.3) is 0 Å². The van der Waals surface area contributed by atoms with E-state index in [0.717, 1.165) is 9.83 Å². The molecule has 5 nitrogen and oxygen atoms in total. The van der Waals surface area contributed by atoms with Crippen molar-refractivity contribution >= 4 is 38.3 Å². The number of hydrogen-bond donors (Lipinski definition) is 1. The molecule has 1 saturated heterocycles. The second kappa shape index (κ2) is 6.15. The summed E-state index contributed by atoms with van der Waals surface area (Å²) in [5, 5.41) is 12.4. The summed E-state index contributed by atoms with van der Waals surface area (Å²) in [5.74, 6) is -0.517. The molecule has 0 saturated carbocycles. The van der Waals surface area contributed by atoms with Crippen LogP contribution in [0.3, 0.4) is 0 Å². The third kappa shape index (κ3) is 2.92. The summed E-state index contributed by atoms with van der Waals surface area (Å²) in [4.78, 5) is 18.6. The molecule has 1 aromatic heterocycles. The average molecular weight is 352 g/mol. The van der Waals surface area contributed by atoms with Crippen LogP contribution in [0.25, 0.3) is 10.2 Å². The maximum atomic E-state index is 13.7. The first-order valence-electron chi connectivity index (χ1n) is 7.75. The maximum Gasteiger partial charge on any atom is 0.231 e. The van der Waals surface area contributed by atoms with Gasteiger partial charge in [0.05, 0.1) is 22.3 Å². The molecule has 25 heavy (non-hydrogen) atoms. The molecule has 2 heterocycles. The molecular weight excluding hydrogens is 339 g/mol. The van der Waals surface area contributed by atoms with Gasteiger partial charge >= 0.3 is 0 Å². The van der Waals surface area contributed by atoms with Crippen LogP contribution in [-0.4, -0.2) is 24.0 Å². The minimum absolute atomic E-state index is 0.0618. The summed E-state index contributed by atoms with van der Waals surface area (Å²) < 4.78 is 14.5. The molecule has 1 aliphatic heterocycles. The van der Waals surface area contributed by atoms with Crippen LogP contribution < -0.4 is 10.2 Å². The summed E-state index contributed by atoms with van der Waals surface area (Å²) in [6.45, 7) is 1.12. The highest BCUT2D eigenvalue weighted by Gasteiger charge is 2.34. The Morgan fingerprint density at radius 3 is 2.72 bits per heavy atom. The molecule has 1 N–H and O–H groups in total. The van der Waals surface area contributed by atoms with E-state index in [-0.39, 0.29) is 17.6 Å². The van der Waals surface area contributed by atoms with Crippen LogP contribution >= 0.6 is 11.3 Å². The molecule has 2 aromatic carbocycles. The van der Waals surface area contributed by atoms with Gasteiger partial charge in [0.2, 0.25) is 5.91 Å². The zero-order valence-corrected chi connectivity index (χ0v) is 13.9. The van der Waals surface area contributed by atoms with Crippen molar-refractivity contribution in [3.63, 3.8) is 0 Å². The number of anilines is 2. The molecular formula is C18H13FN4OS. The van der Waals surface area contributed by atoms with E-state index < -0.39 is 0 Å². The van der Waals surface area contributed by atoms with E-state index in [9.17, 15) is 9.18 Å². The molecule has 0 aliphatic carbocycles. The first-order valence-corrected chi connectivity index (χ1v) is 8.57. The molecule has 124 valence electrons. The van der Waals surface area contributed by atoms with Gasteiger partial charge in [-0.05, 0) is 36.4 Å². The van der Waals surface area contributed by atoms with Crippen molar-refractivity contribution in [1.82, 2.24) is 4.98 Å². The fourth-order valence-corrected chi connectivity index (χ4v) is 3.71. The number of nitrogens with one attached hydrogen (secondary N) is 1. The van der Waals surface area contributed by atoms with E-state index >= 15 is 0 Å². The molecule has 0 spiro atoms. The minimum atomic E-state index is -0.323. The third-order valence-electron chi connectivity index (χ3n) is 4.16. The fraction of sp³-hybridized carbons (Fsp3) is 0.167. The van der Waals surface area contributed by atoms with Crippen molar-refractivity contribution in [1.29, 1.82) is 5.26 Å². The number of benzene rings is 2. The van der Waals surface area contributed by atoms with Gasteiger partial charge in [0.15, 0.2) is 5.13 Å². The number of rotatable bonds is 3. The predicted molar refractivity (Wildman–Crippen MR) is 95.1 cm³/mol. The SMILES string of the molecule is N#Cc1ccc(NC(=O)C2CN(c3nc4c(F)cccc4s3)C2)cc1. The van der Waals surface area contributed by atoms with E-state index in [0.29, 0.717) is 29.9 Å². The van der Waals surface area contributed by atoms with E-state index in [1.165, 1.54) is 17.4 Å². The van der Waals surface area contributed by atoms with Gasteiger partial charge in [-0.15, -0.1) is 0 Å². The Labute approximate surface area is 147 Å². The Balaban J connectivity index is 1.39. The highest BCUT2D eigenvalue weighted by Crippen LogP contribution is 2.34. The first-order chi connectivity index (χ1) is 12.1. The van der Waals surface area contributed by atoms with Gasteiger partial charge in [0.1, 0.15) is 11.3 Å². The van der Waals surface area contributed by atoms with E-state index in [4.69, 9.17) is 5.26 Å². The topological polar surface area (TPSA) is 69.0 Å². The molecule has 3 aromatic rings. The largest absolute Gasteiger partial charge is 0.346 e. The summed E-state index contributed by atoms with van der Waals surface area (Å²) in [7, 11) is 0. The van der Waals surface area contributed by atoms with Crippen LogP contribution in [0.2, 0.25) is 0 Å². The molecule has 0 atom stereocenters. The lowest BCUT2D eigenvalue weighted by Gasteiger charge is -2.37. The molecule has 1 amide bonds. The lowest BCUT2D eigenvalue weighted by molar-refractivity contribution is -0.120. The van der Waals surface area contributed by atoms with E-state index in [1.807, 2.05) is 17.0 Å². The number of nitrogens with zero attached hydrogens (tertiary/aromatic N) is 3. The zero-order valence-electron chi connectivity index (χ0n) is 13.1. The number of aromatic nitrogens is 1. The number of thiazole rings is 1. The predicted octanol–water partition coefficient (Wildman–Crippen LogP) is 3.38. The van der Waals surface area contributed by atoms with Crippen molar-refractivity contribution < 1.29 is 9.18 Å². The van der Waals surface area contributed by atoms with Crippen LogP contribution in [0.4, 0.5) is 15.2 Å². The fourth-order valence-electron chi connectivity index (χ4n) is 2.71. The highest BCUT2D eigenvalue weighted by molar-refractivity contribution is 7.22. The van der Waals surface area contributed by atoms with Gasteiger partial charge in [-0.2, -0.15) is 5.26 Å². The van der Waals surface area contributed by atoms with Crippen molar-refractivity contribution in [2.75, 3.05) is 23.3 Å². The van der Waals surface area contributed by atoms with E-state index in [1.54, 1.807) is 30.3 Å². The van der Waals surface area contributed by atoms with E-state index in [2.05, 4.69) is 10.3 Å². The van der Waals surface area contributed by atoms with Gasteiger partial charge in [-0.3, -0.25) is 4.79 Å². The molecule has 7 heteroatoms. The monoisotopic (exact) mass is 352 g/mol. The normalized spacial score (nSPS) is 14.2. The quantitative estimate of drug-likeness (QED) is 0.784. The Hall–Kier alpha value is -2.98. The van der Waals surface area contributed by atoms with Gasteiger partial charge < -0.3 is 10.2 Å². The third-order valence-corrected chi connectivity index (χ3v) is 5.24. The lowest BCUT2D eigenvalue weighted by atomic mass is 10.00. The first kappa shape index (κ1) is 15.5. The minimum Gasteiger partial charge on any atom is -0.346 e. The van der Waals surface area contributed by atoms with Crippen LogP contribution in [-0.2, 0) is 4.79 Å². The number of nitriles is 1. The molecule has 1 fully saturated rings. The summed E-state index contributed by atoms with van der Waals surface area (Å²) in [5.41, 5.74) is 1.60. The Morgan fingerprint density at radius 2 is 2.04 bits per heavy atom. The van der Waals surface area contributed by atoms with Crippen LogP contribution in [0, 0.1) is 23.1 Å². The second-order valence-corrected chi connectivity index (χ2v) is 6.87. The summed E-state index contributed by atoms with van der Waals surface area (Å²) in [6, 6.07) is 13.7. The zero-order chi connectivity index (χ0) is 17.4. The van der Waals surface area contributed by atoms with Gasteiger partial charge in [-0.1, -0.05) is 17.4 Å². The Bertz CT molecular complexity index is 986. The van der Waals surface area contributed by atoms with Gasteiger partial charge in [-0.25, -0.2) is 9.37 Å².